The Kier molecular flexibility index (Phi) is 8.08. The second-order valence-corrected chi connectivity index (χ2v) is 11.6. The highest BCUT2D eigenvalue weighted by molar-refractivity contribution is 7.99. The quantitative estimate of drug-likeness (QED) is 0.236. The fourth-order valence-corrected chi connectivity index (χ4v) is 6.56. The van der Waals surface area contributed by atoms with Gasteiger partial charge in [-0.25, -0.2) is 4.98 Å². The van der Waals surface area contributed by atoms with Gasteiger partial charge in [-0.05, 0) is 29.0 Å². The SMILES string of the molecule is CC(C)C1Cc2c(sc3nc(SCC(=O)NCc4ccccc4)n(CCc4ccccc4)c(=O)c23)CO1. The largest absolute Gasteiger partial charge is 0.372 e. The zero-order valence-electron chi connectivity index (χ0n) is 21.1. The van der Waals surface area contributed by atoms with Crippen molar-refractivity contribution in [3.05, 3.63) is 92.6 Å². The maximum atomic E-state index is 13.9. The van der Waals surface area contributed by atoms with Crippen molar-refractivity contribution in [3.63, 3.8) is 0 Å². The zero-order chi connectivity index (χ0) is 25.8. The van der Waals surface area contributed by atoms with E-state index in [1.165, 1.54) is 11.8 Å². The van der Waals surface area contributed by atoms with Crippen LogP contribution in [0.3, 0.4) is 0 Å². The van der Waals surface area contributed by atoms with E-state index < -0.39 is 0 Å². The van der Waals surface area contributed by atoms with Crippen LogP contribution in [0.25, 0.3) is 10.2 Å². The number of fused-ring (bicyclic) bond motifs is 3. The van der Waals surface area contributed by atoms with Gasteiger partial charge in [-0.15, -0.1) is 11.3 Å². The molecule has 0 bridgehead atoms. The van der Waals surface area contributed by atoms with E-state index in [0.29, 0.717) is 37.2 Å². The minimum Gasteiger partial charge on any atom is -0.372 e. The molecule has 2 aromatic carbocycles. The molecule has 0 aliphatic carbocycles. The molecule has 6 nitrogen and oxygen atoms in total. The van der Waals surface area contributed by atoms with Crippen molar-refractivity contribution in [1.82, 2.24) is 14.9 Å². The average molecular weight is 534 g/mol. The van der Waals surface area contributed by atoms with E-state index in [4.69, 9.17) is 9.72 Å². The van der Waals surface area contributed by atoms with Crippen LogP contribution < -0.4 is 10.9 Å². The molecule has 2 aromatic heterocycles. The summed E-state index contributed by atoms with van der Waals surface area (Å²) < 4.78 is 7.82. The highest BCUT2D eigenvalue weighted by Gasteiger charge is 2.28. The maximum absolute atomic E-state index is 13.9. The van der Waals surface area contributed by atoms with Gasteiger partial charge in [-0.2, -0.15) is 0 Å². The summed E-state index contributed by atoms with van der Waals surface area (Å²) in [6.45, 7) is 5.81. The first-order chi connectivity index (χ1) is 18.0. The molecule has 1 N–H and O–H groups in total. The molecule has 5 rings (SSSR count). The van der Waals surface area contributed by atoms with Crippen molar-refractivity contribution in [2.75, 3.05) is 5.75 Å². The molecule has 0 saturated heterocycles. The first kappa shape index (κ1) is 25.7. The summed E-state index contributed by atoms with van der Waals surface area (Å²) >= 11 is 2.86. The van der Waals surface area contributed by atoms with Crippen molar-refractivity contribution < 1.29 is 9.53 Å². The minimum atomic E-state index is -0.0866. The van der Waals surface area contributed by atoms with E-state index >= 15 is 0 Å². The molecule has 37 heavy (non-hydrogen) atoms. The fraction of sp³-hybridized carbons (Fsp3) is 0.345. The Hall–Kier alpha value is -2.94. The van der Waals surface area contributed by atoms with Crippen LogP contribution in [0.5, 0.6) is 0 Å². The van der Waals surface area contributed by atoms with Crippen LogP contribution in [-0.4, -0.2) is 27.3 Å². The van der Waals surface area contributed by atoms with Gasteiger partial charge >= 0.3 is 0 Å². The molecule has 1 unspecified atom stereocenters. The van der Waals surface area contributed by atoms with Gasteiger partial charge in [0.1, 0.15) is 4.83 Å². The topological polar surface area (TPSA) is 73.2 Å². The predicted octanol–water partition coefficient (Wildman–Crippen LogP) is 5.21. The number of aromatic nitrogens is 2. The lowest BCUT2D eigenvalue weighted by molar-refractivity contribution is -0.118. The van der Waals surface area contributed by atoms with Crippen molar-refractivity contribution in [2.45, 2.75) is 57.6 Å². The summed E-state index contributed by atoms with van der Waals surface area (Å²) in [6, 6.07) is 20.0. The Morgan fingerprint density at radius 3 is 2.54 bits per heavy atom. The third-order valence-electron chi connectivity index (χ3n) is 6.67. The molecule has 1 aliphatic heterocycles. The number of nitrogens with zero attached hydrogens (tertiary/aromatic N) is 2. The molecule has 3 heterocycles. The molecule has 1 amide bonds. The molecule has 0 spiro atoms. The van der Waals surface area contributed by atoms with Gasteiger partial charge in [0.25, 0.3) is 5.56 Å². The van der Waals surface area contributed by atoms with E-state index in [0.717, 1.165) is 38.2 Å². The van der Waals surface area contributed by atoms with Gasteiger partial charge in [0.15, 0.2) is 5.16 Å². The van der Waals surface area contributed by atoms with Crippen LogP contribution >= 0.6 is 23.1 Å². The summed E-state index contributed by atoms with van der Waals surface area (Å²) in [6.07, 6.45) is 1.55. The zero-order valence-corrected chi connectivity index (χ0v) is 22.7. The molecule has 192 valence electrons. The van der Waals surface area contributed by atoms with Crippen molar-refractivity contribution in [1.29, 1.82) is 0 Å². The third-order valence-corrected chi connectivity index (χ3v) is 8.74. The number of hydrogen-bond donors (Lipinski definition) is 1. The van der Waals surface area contributed by atoms with Crippen LogP contribution in [-0.2, 0) is 42.1 Å². The van der Waals surface area contributed by atoms with Crippen molar-refractivity contribution in [3.8, 4) is 0 Å². The Morgan fingerprint density at radius 1 is 1.14 bits per heavy atom. The molecule has 0 fully saturated rings. The van der Waals surface area contributed by atoms with Crippen LogP contribution in [0.2, 0.25) is 0 Å². The molecular weight excluding hydrogens is 502 g/mol. The summed E-state index contributed by atoms with van der Waals surface area (Å²) in [5.41, 5.74) is 3.28. The predicted molar refractivity (Wildman–Crippen MR) is 150 cm³/mol. The lowest BCUT2D eigenvalue weighted by atomic mass is 9.96. The van der Waals surface area contributed by atoms with Gasteiger partial charge in [-0.3, -0.25) is 14.2 Å². The molecule has 0 radical (unpaired) electrons. The second-order valence-electron chi connectivity index (χ2n) is 9.62. The van der Waals surface area contributed by atoms with Gasteiger partial charge in [0.05, 0.1) is 23.8 Å². The van der Waals surface area contributed by atoms with Gasteiger partial charge in [0, 0.05) is 24.4 Å². The average Bonchev–Trinajstić information content (AvgIpc) is 3.29. The smallest absolute Gasteiger partial charge is 0.263 e. The highest BCUT2D eigenvalue weighted by Crippen LogP contribution is 2.36. The Labute approximate surface area is 225 Å². The van der Waals surface area contributed by atoms with Gasteiger partial charge < -0.3 is 10.1 Å². The van der Waals surface area contributed by atoms with Crippen LogP contribution in [0.1, 0.15) is 35.4 Å². The molecule has 8 heteroatoms. The number of amides is 1. The number of carbonyl (C=O) groups excluding carboxylic acids is 1. The molecule has 4 aromatic rings. The summed E-state index contributed by atoms with van der Waals surface area (Å²) in [5.74, 6) is 0.483. The second kappa shape index (κ2) is 11.6. The molecule has 1 aliphatic rings. The number of rotatable bonds is 9. The standard InChI is InChI=1S/C29H31N3O3S2/c1-19(2)23-15-22-24(17-35-23)37-27-26(22)28(34)32(14-13-20-9-5-3-6-10-20)29(31-27)36-18-25(33)30-16-21-11-7-4-8-12-21/h3-12,19,23H,13-18H2,1-2H3,(H,30,33). The molecular formula is C29H31N3O3S2. The van der Waals surface area contributed by atoms with E-state index in [9.17, 15) is 9.59 Å². The number of thiophene rings is 1. The number of aryl methyl sites for hydroxylation is 1. The Balaban J connectivity index is 1.41. The van der Waals surface area contributed by atoms with Crippen LogP contribution in [0, 0.1) is 5.92 Å². The number of benzene rings is 2. The summed E-state index contributed by atoms with van der Waals surface area (Å²) in [4.78, 5) is 33.3. The first-order valence-corrected chi connectivity index (χ1v) is 14.4. The van der Waals surface area contributed by atoms with Gasteiger partial charge in [0.2, 0.25) is 5.91 Å². The number of carbonyl (C=O) groups is 1. The number of nitrogens with one attached hydrogen (secondary N) is 1. The van der Waals surface area contributed by atoms with Crippen molar-refractivity contribution >= 4 is 39.2 Å². The third kappa shape index (κ3) is 5.98. The molecule has 1 atom stereocenters. The lowest BCUT2D eigenvalue weighted by Crippen LogP contribution is -2.29. The van der Waals surface area contributed by atoms with E-state index in [2.05, 4.69) is 31.3 Å². The molecule has 0 saturated carbocycles. The normalized spacial score (nSPS) is 15.2. The fourth-order valence-electron chi connectivity index (χ4n) is 4.54. The summed E-state index contributed by atoms with van der Waals surface area (Å²) in [5, 5.41) is 4.27. The Morgan fingerprint density at radius 2 is 1.84 bits per heavy atom. The van der Waals surface area contributed by atoms with Gasteiger partial charge in [-0.1, -0.05) is 86.3 Å². The highest BCUT2D eigenvalue weighted by atomic mass is 32.2. The van der Waals surface area contributed by atoms with E-state index in [-0.39, 0.29) is 23.3 Å². The lowest BCUT2D eigenvalue weighted by Gasteiger charge is -2.26. The van der Waals surface area contributed by atoms with E-state index in [1.54, 1.807) is 15.9 Å². The Bertz CT molecular complexity index is 1430. The first-order valence-electron chi connectivity index (χ1n) is 12.6. The maximum Gasteiger partial charge on any atom is 0.263 e. The number of thioether (sulfide) groups is 1. The van der Waals surface area contributed by atoms with Crippen LogP contribution in [0.4, 0.5) is 0 Å². The monoisotopic (exact) mass is 533 g/mol. The number of ether oxygens (including phenoxy) is 1. The minimum absolute atomic E-state index is 0.0185. The summed E-state index contributed by atoms with van der Waals surface area (Å²) in [7, 11) is 0. The van der Waals surface area contributed by atoms with Crippen molar-refractivity contribution in [2.24, 2.45) is 5.92 Å². The van der Waals surface area contributed by atoms with Crippen LogP contribution in [0.15, 0.2) is 70.6 Å². The number of hydrogen-bond acceptors (Lipinski definition) is 6. The van der Waals surface area contributed by atoms with E-state index in [1.807, 2.05) is 48.5 Å².